The third-order valence-electron chi connectivity index (χ3n) is 13.4. The number of allylic oxidation sites excluding steroid dienone is 5. The van der Waals surface area contributed by atoms with Crippen LogP contribution in [0.5, 0.6) is 0 Å². The number of benzene rings is 5. The molecule has 0 bridgehead atoms. The molecular formula is C55H62N2. The zero-order valence-electron chi connectivity index (χ0n) is 36.5. The molecular weight excluding hydrogens is 689 g/mol. The average Bonchev–Trinajstić information content (AvgIpc) is 3.40. The molecule has 5 aromatic rings. The summed E-state index contributed by atoms with van der Waals surface area (Å²) >= 11 is 0. The first-order chi connectivity index (χ1) is 27.1. The lowest BCUT2D eigenvalue weighted by Gasteiger charge is -2.50. The van der Waals surface area contributed by atoms with E-state index < -0.39 is 0 Å². The molecule has 0 spiro atoms. The van der Waals surface area contributed by atoms with Crippen molar-refractivity contribution in [2.24, 2.45) is 5.92 Å². The molecule has 292 valence electrons. The summed E-state index contributed by atoms with van der Waals surface area (Å²) in [6, 6.07) is 39.0. The van der Waals surface area contributed by atoms with Crippen molar-refractivity contribution < 1.29 is 0 Å². The number of aryl methyl sites for hydroxylation is 2. The molecule has 0 fully saturated rings. The second kappa shape index (κ2) is 14.6. The van der Waals surface area contributed by atoms with Crippen LogP contribution in [0.3, 0.4) is 0 Å². The van der Waals surface area contributed by atoms with Gasteiger partial charge in [0.15, 0.2) is 0 Å². The normalized spacial score (nSPS) is 19.6. The van der Waals surface area contributed by atoms with E-state index in [-0.39, 0.29) is 16.2 Å². The van der Waals surface area contributed by atoms with Crippen molar-refractivity contribution in [3.05, 3.63) is 185 Å². The standard InChI is InChI=1S/C53H56N2.C2H6/c1-13-17-44-42(14-2)43-26-22-38(31-46(43)53(44,11)12)37-20-23-39(24-21-37)54(41-29-33(3)28-34(4)30-41)40-25-27-49-47(32-40)52(9,10)36(6)50-35(5)51(7,8)45-18-15-16-19-48(45)55(49)50;1-2/h13-32,42,44H,2,6H2,1,3-5,7-12H3;1-2H3/b17-13-;. The Morgan fingerprint density at radius 3 is 1.89 bits per heavy atom. The van der Waals surface area contributed by atoms with Crippen molar-refractivity contribution in [1.29, 1.82) is 0 Å². The molecule has 57 heavy (non-hydrogen) atoms. The van der Waals surface area contributed by atoms with Crippen LogP contribution in [0, 0.1) is 19.8 Å². The van der Waals surface area contributed by atoms with Gasteiger partial charge in [-0.05, 0) is 143 Å². The monoisotopic (exact) mass is 750 g/mol. The molecule has 0 aromatic heterocycles. The molecule has 2 atom stereocenters. The molecule has 2 aliphatic heterocycles. The largest absolute Gasteiger partial charge is 0.310 e. The van der Waals surface area contributed by atoms with Crippen molar-refractivity contribution in [3.8, 4) is 11.1 Å². The van der Waals surface area contributed by atoms with Gasteiger partial charge in [0.25, 0.3) is 0 Å². The second-order valence-electron chi connectivity index (χ2n) is 17.8. The fourth-order valence-electron chi connectivity index (χ4n) is 9.99. The highest BCUT2D eigenvalue weighted by Crippen LogP contribution is 2.58. The predicted octanol–water partition coefficient (Wildman–Crippen LogP) is 15.8. The highest BCUT2D eigenvalue weighted by Gasteiger charge is 2.46. The van der Waals surface area contributed by atoms with E-state index in [1.54, 1.807) is 0 Å². The van der Waals surface area contributed by atoms with E-state index in [9.17, 15) is 0 Å². The molecule has 8 rings (SSSR count). The van der Waals surface area contributed by atoms with Gasteiger partial charge in [0.2, 0.25) is 0 Å². The number of fused-ring (bicyclic) bond motifs is 6. The molecule has 0 N–H and O–H groups in total. The molecule has 0 saturated heterocycles. The van der Waals surface area contributed by atoms with Gasteiger partial charge in [-0.15, -0.1) is 6.58 Å². The fraction of sp³-hybridized carbons (Fsp3) is 0.309. The molecule has 2 heterocycles. The van der Waals surface area contributed by atoms with Crippen LogP contribution >= 0.6 is 0 Å². The summed E-state index contributed by atoms with van der Waals surface area (Å²) in [5, 5.41) is 0. The van der Waals surface area contributed by atoms with E-state index in [1.165, 1.54) is 67.2 Å². The van der Waals surface area contributed by atoms with E-state index >= 15 is 0 Å². The molecule has 2 unspecified atom stereocenters. The Morgan fingerprint density at radius 1 is 0.632 bits per heavy atom. The zero-order valence-corrected chi connectivity index (χ0v) is 36.5. The first-order valence-corrected chi connectivity index (χ1v) is 20.9. The van der Waals surface area contributed by atoms with Crippen LogP contribution in [0.25, 0.3) is 11.1 Å². The van der Waals surface area contributed by atoms with Gasteiger partial charge >= 0.3 is 0 Å². The first-order valence-electron chi connectivity index (χ1n) is 20.9. The van der Waals surface area contributed by atoms with E-state index in [0.717, 1.165) is 22.6 Å². The topological polar surface area (TPSA) is 6.48 Å². The quantitative estimate of drug-likeness (QED) is 0.159. The van der Waals surface area contributed by atoms with Crippen LogP contribution in [0.15, 0.2) is 151 Å². The van der Waals surface area contributed by atoms with E-state index in [1.807, 2.05) is 13.8 Å². The van der Waals surface area contributed by atoms with Crippen LogP contribution in [0.2, 0.25) is 0 Å². The van der Waals surface area contributed by atoms with Crippen molar-refractivity contribution in [2.45, 2.75) is 105 Å². The molecule has 1 aliphatic carbocycles. The molecule has 5 aromatic carbocycles. The third kappa shape index (κ3) is 6.24. The zero-order chi connectivity index (χ0) is 41.2. The minimum atomic E-state index is -0.281. The first kappa shape index (κ1) is 39.9. The number of anilines is 5. The average molecular weight is 751 g/mol. The van der Waals surface area contributed by atoms with Gasteiger partial charge < -0.3 is 9.80 Å². The summed E-state index contributed by atoms with van der Waals surface area (Å²) in [6.07, 6.45) is 6.69. The van der Waals surface area contributed by atoms with Crippen molar-refractivity contribution in [1.82, 2.24) is 0 Å². The van der Waals surface area contributed by atoms with E-state index in [0.29, 0.717) is 11.8 Å². The van der Waals surface area contributed by atoms with Crippen molar-refractivity contribution in [3.63, 3.8) is 0 Å². The predicted molar refractivity (Wildman–Crippen MR) is 248 cm³/mol. The molecule has 0 saturated carbocycles. The van der Waals surface area contributed by atoms with Gasteiger partial charge in [-0.25, -0.2) is 0 Å². The van der Waals surface area contributed by atoms with Crippen LogP contribution in [-0.4, -0.2) is 0 Å². The number of para-hydroxylation sites is 1. The number of nitrogens with zero attached hydrogens (tertiary/aromatic N) is 2. The van der Waals surface area contributed by atoms with Gasteiger partial charge in [-0.1, -0.05) is 135 Å². The maximum Gasteiger partial charge on any atom is 0.0504 e. The third-order valence-corrected chi connectivity index (χ3v) is 13.4. The van der Waals surface area contributed by atoms with Crippen LogP contribution in [-0.2, 0) is 16.2 Å². The van der Waals surface area contributed by atoms with Crippen LogP contribution < -0.4 is 9.80 Å². The molecule has 0 radical (unpaired) electrons. The maximum absolute atomic E-state index is 4.82. The van der Waals surface area contributed by atoms with Crippen LogP contribution in [0.4, 0.5) is 28.4 Å². The van der Waals surface area contributed by atoms with Gasteiger partial charge in [0, 0.05) is 39.5 Å². The Bertz CT molecular complexity index is 2430. The molecule has 3 aliphatic rings. The fourth-order valence-corrected chi connectivity index (χ4v) is 9.99. The number of hydrogen-bond acceptors (Lipinski definition) is 2. The SMILES string of the molecule is C=CC1c2ccc(-c3ccc(N(c4cc(C)cc(C)c4)c4ccc5c(c4)C(C)(C)C(=C)C4=C(C)C(C)(C)c6ccccc6N45)cc3)cc2C(C)(C)C1/C=C\C.CC. The Labute approximate surface area is 344 Å². The van der Waals surface area contributed by atoms with Gasteiger partial charge in [-0.2, -0.15) is 0 Å². The van der Waals surface area contributed by atoms with Crippen LogP contribution in [0.1, 0.15) is 109 Å². The lowest BCUT2D eigenvalue weighted by atomic mass is 9.66. The lowest BCUT2D eigenvalue weighted by molar-refractivity contribution is 0.397. The second-order valence-corrected chi connectivity index (χ2v) is 17.8. The minimum Gasteiger partial charge on any atom is -0.310 e. The van der Waals surface area contributed by atoms with Crippen molar-refractivity contribution in [2.75, 3.05) is 9.80 Å². The summed E-state index contributed by atoms with van der Waals surface area (Å²) in [7, 11) is 0. The van der Waals surface area contributed by atoms with Gasteiger partial charge in [-0.3, -0.25) is 0 Å². The molecule has 0 amide bonds. The van der Waals surface area contributed by atoms with Crippen molar-refractivity contribution >= 4 is 28.4 Å². The Balaban J connectivity index is 0.00000244. The highest BCUT2D eigenvalue weighted by atomic mass is 15.2. The van der Waals surface area contributed by atoms with Gasteiger partial charge in [0.05, 0.1) is 11.4 Å². The number of hydrogen-bond donors (Lipinski definition) is 0. The summed E-state index contributed by atoms with van der Waals surface area (Å²) in [6.45, 7) is 36.0. The molecule has 2 nitrogen and oxygen atoms in total. The van der Waals surface area contributed by atoms with Gasteiger partial charge in [0.1, 0.15) is 0 Å². The molecule has 2 heteroatoms. The summed E-state index contributed by atoms with van der Waals surface area (Å²) in [4.78, 5) is 4.91. The van der Waals surface area contributed by atoms with E-state index in [2.05, 4.69) is 207 Å². The Kier molecular flexibility index (Phi) is 10.2. The summed E-state index contributed by atoms with van der Waals surface area (Å²) in [5.74, 6) is 0.724. The summed E-state index contributed by atoms with van der Waals surface area (Å²) in [5.41, 5.74) is 19.7. The smallest absolute Gasteiger partial charge is 0.0504 e. The Morgan fingerprint density at radius 2 is 1.25 bits per heavy atom. The Hall–Kier alpha value is -5.34. The van der Waals surface area contributed by atoms with E-state index in [4.69, 9.17) is 6.58 Å². The number of rotatable bonds is 6. The maximum atomic E-state index is 4.82. The lowest BCUT2D eigenvalue weighted by Crippen LogP contribution is -2.41. The highest BCUT2D eigenvalue weighted by molar-refractivity contribution is 5.88. The minimum absolute atomic E-state index is 0.0176. The summed E-state index contributed by atoms with van der Waals surface area (Å²) < 4.78 is 0.